The molecule has 0 saturated carbocycles. The molecule has 1 aliphatic rings. The van der Waals surface area contributed by atoms with E-state index >= 15 is 0 Å². The Morgan fingerprint density at radius 3 is 2.88 bits per heavy atom. The van der Waals surface area contributed by atoms with Crippen molar-refractivity contribution in [1.82, 2.24) is 14.5 Å². The Labute approximate surface area is 148 Å². The minimum absolute atomic E-state index is 0.203. The summed E-state index contributed by atoms with van der Waals surface area (Å²) in [6.45, 7) is 2.94. The fourth-order valence-corrected chi connectivity index (χ4v) is 3.70. The summed E-state index contributed by atoms with van der Waals surface area (Å²) in [6.07, 6.45) is 5.19. The third-order valence-corrected chi connectivity index (χ3v) is 4.86. The second-order valence-electron chi connectivity index (χ2n) is 6.45. The molecule has 0 radical (unpaired) electrons. The second kappa shape index (κ2) is 7.11. The number of benzene rings is 1. The molecule has 0 bridgehead atoms. The van der Waals surface area contributed by atoms with Gasteiger partial charge in [-0.3, -0.25) is 9.88 Å². The predicted octanol–water partition coefficient (Wildman–Crippen LogP) is 3.89. The molecule has 0 saturated heterocycles. The average molecular weight is 333 g/mol. The highest BCUT2D eigenvalue weighted by molar-refractivity contribution is 5.35. The van der Waals surface area contributed by atoms with Crippen LogP contribution in [0.25, 0.3) is 0 Å². The van der Waals surface area contributed by atoms with Crippen LogP contribution in [0.5, 0.6) is 5.75 Å². The van der Waals surface area contributed by atoms with Crippen LogP contribution in [-0.4, -0.2) is 28.1 Å². The first-order valence-corrected chi connectivity index (χ1v) is 8.78. The van der Waals surface area contributed by atoms with E-state index in [1.807, 2.05) is 18.3 Å². The maximum Gasteiger partial charge on any atom is 0.119 e. The first-order chi connectivity index (χ1) is 12.3. The average Bonchev–Trinajstić information content (AvgIpc) is 3.04. The quantitative estimate of drug-likeness (QED) is 0.726. The standard InChI is InChI=1S/C21H23N3O/c1-25-19-9-4-7-17(15-19)21-20-10-5-12-23(20)13-6-14-24(21)16-18-8-2-3-11-22-18/h2-5,7-12,15,21H,6,13-14,16H2,1H3. The normalized spacial score (nSPS) is 17.7. The molecule has 25 heavy (non-hydrogen) atoms. The van der Waals surface area contributed by atoms with E-state index in [0.29, 0.717) is 0 Å². The molecular weight excluding hydrogens is 310 g/mol. The van der Waals surface area contributed by atoms with E-state index in [9.17, 15) is 0 Å². The zero-order chi connectivity index (χ0) is 17.1. The summed E-state index contributed by atoms with van der Waals surface area (Å²) in [5, 5.41) is 0. The second-order valence-corrected chi connectivity index (χ2v) is 6.45. The van der Waals surface area contributed by atoms with Crippen molar-refractivity contribution in [3.05, 3.63) is 83.9 Å². The van der Waals surface area contributed by atoms with Crippen LogP contribution in [0.2, 0.25) is 0 Å². The lowest BCUT2D eigenvalue weighted by molar-refractivity contribution is 0.217. The molecule has 4 nitrogen and oxygen atoms in total. The minimum atomic E-state index is 0.203. The summed E-state index contributed by atoms with van der Waals surface area (Å²) in [6, 6.07) is 19.1. The van der Waals surface area contributed by atoms with E-state index in [4.69, 9.17) is 4.74 Å². The summed E-state index contributed by atoms with van der Waals surface area (Å²) in [7, 11) is 1.72. The molecule has 128 valence electrons. The van der Waals surface area contributed by atoms with Crippen molar-refractivity contribution in [1.29, 1.82) is 0 Å². The van der Waals surface area contributed by atoms with Crippen molar-refractivity contribution in [2.45, 2.75) is 25.6 Å². The van der Waals surface area contributed by atoms with E-state index in [1.165, 1.54) is 11.3 Å². The molecule has 0 amide bonds. The van der Waals surface area contributed by atoms with Gasteiger partial charge in [0.15, 0.2) is 0 Å². The van der Waals surface area contributed by atoms with Crippen LogP contribution in [-0.2, 0) is 13.1 Å². The van der Waals surface area contributed by atoms with E-state index < -0.39 is 0 Å². The molecule has 3 heterocycles. The molecule has 4 heteroatoms. The fourth-order valence-electron chi connectivity index (χ4n) is 3.70. The van der Waals surface area contributed by atoms with E-state index in [2.05, 4.69) is 63.1 Å². The highest BCUT2D eigenvalue weighted by Gasteiger charge is 2.27. The Hall–Kier alpha value is -2.59. The molecule has 1 atom stereocenters. The van der Waals surface area contributed by atoms with Crippen LogP contribution >= 0.6 is 0 Å². The lowest BCUT2D eigenvalue weighted by Gasteiger charge is -2.30. The van der Waals surface area contributed by atoms with Crippen LogP contribution in [0.4, 0.5) is 0 Å². The Kier molecular flexibility index (Phi) is 4.53. The number of aryl methyl sites for hydroxylation is 1. The first-order valence-electron chi connectivity index (χ1n) is 8.78. The van der Waals surface area contributed by atoms with Crippen LogP contribution in [0, 0.1) is 0 Å². The Morgan fingerprint density at radius 2 is 2.04 bits per heavy atom. The highest BCUT2D eigenvalue weighted by atomic mass is 16.5. The van der Waals surface area contributed by atoms with Gasteiger partial charge >= 0.3 is 0 Å². The van der Waals surface area contributed by atoms with Gasteiger partial charge < -0.3 is 9.30 Å². The Balaban J connectivity index is 1.75. The summed E-state index contributed by atoms with van der Waals surface area (Å²) in [4.78, 5) is 7.06. The fraction of sp³-hybridized carbons (Fsp3) is 0.286. The van der Waals surface area contributed by atoms with Crippen molar-refractivity contribution in [2.75, 3.05) is 13.7 Å². The molecule has 3 aromatic rings. The van der Waals surface area contributed by atoms with E-state index in [-0.39, 0.29) is 6.04 Å². The van der Waals surface area contributed by atoms with Crippen molar-refractivity contribution >= 4 is 0 Å². The molecule has 0 aliphatic carbocycles. The van der Waals surface area contributed by atoms with Crippen molar-refractivity contribution < 1.29 is 4.74 Å². The Morgan fingerprint density at radius 1 is 1.08 bits per heavy atom. The van der Waals surface area contributed by atoms with Gasteiger partial charge in [0, 0.05) is 37.7 Å². The maximum absolute atomic E-state index is 5.46. The summed E-state index contributed by atoms with van der Waals surface area (Å²) in [5.74, 6) is 0.901. The number of rotatable bonds is 4. The number of nitrogens with zero attached hydrogens (tertiary/aromatic N) is 3. The molecule has 0 fully saturated rings. The molecule has 2 aromatic heterocycles. The van der Waals surface area contributed by atoms with Gasteiger partial charge in [0.25, 0.3) is 0 Å². The molecule has 1 unspecified atom stereocenters. The highest BCUT2D eigenvalue weighted by Crippen LogP contribution is 2.34. The zero-order valence-corrected chi connectivity index (χ0v) is 14.5. The monoisotopic (exact) mass is 333 g/mol. The largest absolute Gasteiger partial charge is 0.497 e. The van der Waals surface area contributed by atoms with Gasteiger partial charge in [-0.2, -0.15) is 0 Å². The number of hydrogen-bond acceptors (Lipinski definition) is 3. The molecule has 0 spiro atoms. The lowest BCUT2D eigenvalue weighted by Crippen LogP contribution is -2.29. The maximum atomic E-state index is 5.46. The van der Waals surface area contributed by atoms with Crippen molar-refractivity contribution in [2.24, 2.45) is 0 Å². The number of ether oxygens (including phenoxy) is 1. The minimum Gasteiger partial charge on any atom is -0.497 e. The smallest absolute Gasteiger partial charge is 0.119 e. The van der Waals surface area contributed by atoms with Gasteiger partial charge in [0.05, 0.1) is 18.8 Å². The van der Waals surface area contributed by atoms with Crippen LogP contribution < -0.4 is 4.74 Å². The van der Waals surface area contributed by atoms with Gasteiger partial charge in [-0.05, 0) is 48.4 Å². The van der Waals surface area contributed by atoms with Crippen LogP contribution in [0.3, 0.4) is 0 Å². The summed E-state index contributed by atoms with van der Waals surface area (Å²) >= 11 is 0. The molecule has 1 aromatic carbocycles. The molecule has 4 rings (SSSR count). The van der Waals surface area contributed by atoms with Gasteiger partial charge in [0.2, 0.25) is 0 Å². The lowest BCUT2D eigenvalue weighted by atomic mass is 10.0. The topological polar surface area (TPSA) is 30.3 Å². The van der Waals surface area contributed by atoms with Crippen LogP contribution in [0.1, 0.15) is 29.4 Å². The summed E-state index contributed by atoms with van der Waals surface area (Å²) in [5.41, 5.74) is 3.70. The molecule has 1 aliphatic heterocycles. The Bertz CT molecular complexity index is 828. The van der Waals surface area contributed by atoms with Gasteiger partial charge in [-0.1, -0.05) is 18.2 Å². The summed E-state index contributed by atoms with van der Waals surface area (Å²) < 4.78 is 7.84. The number of aromatic nitrogens is 2. The van der Waals surface area contributed by atoms with E-state index in [1.54, 1.807) is 7.11 Å². The first kappa shape index (κ1) is 15.9. The number of hydrogen-bond donors (Lipinski definition) is 0. The van der Waals surface area contributed by atoms with E-state index in [0.717, 1.165) is 37.5 Å². The molecular formula is C21H23N3O. The van der Waals surface area contributed by atoms with Crippen LogP contribution in [0.15, 0.2) is 67.0 Å². The SMILES string of the molecule is COc1cccc(C2c3cccn3CCCN2Cc2ccccn2)c1. The third-order valence-electron chi connectivity index (χ3n) is 4.86. The number of methoxy groups -OCH3 is 1. The van der Waals surface area contributed by atoms with Gasteiger partial charge in [0.1, 0.15) is 5.75 Å². The van der Waals surface area contributed by atoms with Gasteiger partial charge in [-0.25, -0.2) is 0 Å². The van der Waals surface area contributed by atoms with Gasteiger partial charge in [-0.15, -0.1) is 0 Å². The van der Waals surface area contributed by atoms with Crippen molar-refractivity contribution in [3.63, 3.8) is 0 Å². The third kappa shape index (κ3) is 3.30. The van der Waals surface area contributed by atoms with Crippen molar-refractivity contribution in [3.8, 4) is 5.75 Å². The zero-order valence-electron chi connectivity index (χ0n) is 14.5. The predicted molar refractivity (Wildman–Crippen MR) is 98.5 cm³/mol. The molecule has 0 N–H and O–H groups in total. The number of fused-ring (bicyclic) bond motifs is 1. The number of pyridine rings is 1.